The summed E-state index contributed by atoms with van der Waals surface area (Å²) >= 11 is 0. The summed E-state index contributed by atoms with van der Waals surface area (Å²) in [5.74, 6) is 0.659. The van der Waals surface area contributed by atoms with E-state index in [0.717, 1.165) is 18.4 Å². The number of aliphatic hydroxyl groups is 1. The second-order valence-electron chi connectivity index (χ2n) is 6.44. The molecule has 2 aromatic rings. The number of aromatic nitrogens is 1. The third-order valence-electron chi connectivity index (χ3n) is 4.94. The van der Waals surface area contributed by atoms with Crippen molar-refractivity contribution < 1.29 is 19.2 Å². The molecule has 1 amide bonds. The Balaban J connectivity index is 1.54. The van der Waals surface area contributed by atoms with Gasteiger partial charge in [-0.05, 0) is 18.8 Å². The Morgan fingerprint density at radius 2 is 2.12 bits per heavy atom. The minimum absolute atomic E-state index is 0.0141. The molecule has 6 nitrogen and oxygen atoms in total. The van der Waals surface area contributed by atoms with E-state index in [-0.39, 0.29) is 30.6 Å². The molecular formula is C18H20N2O4. The van der Waals surface area contributed by atoms with Gasteiger partial charge in [-0.2, -0.15) is 0 Å². The van der Waals surface area contributed by atoms with E-state index >= 15 is 0 Å². The lowest BCUT2D eigenvalue weighted by molar-refractivity contribution is -0.0451. The number of nitrogens with zero attached hydrogens (tertiary/aromatic N) is 2. The van der Waals surface area contributed by atoms with E-state index in [4.69, 9.17) is 9.26 Å². The number of benzene rings is 1. The number of hydrogen-bond donors (Lipinski definition) is 1. The fraction of sp³-hybridized carbons (Fsp3) is 0.444. The van der Waals surface area contributed by atoms with Crippen LogP contribution in [-0.2, 0) is 4.74 Å². The lowest BCUT2D eigenvalue weighted by Gasteiger charge is -2.37. The van der Waals surface area contributed by atoms with Crippen LogP contribution in [0.15, 0.2) is 40.9 Å². The van der Waals surface area contributed by atoms with Gasteiger partial charge < -0.3 is 19.3 Å². The summed E-state index contributed by atoms with van der Waals surface area (Å²) in [6, 6.07) is 11.3. The molecule has 2 fully saturated rings. The van der Waals surface area contributed by atoms with Gasteiger partial charge in [0.2, 0.25) is 0 Å². The summed E-state index contributed by atoms with van der Waals surface area (Å²) in [6.07, 6.45) is 1.59. The minimum Gasteiger partial charge on any atom is -0.396 e. The molecule has 0 bridgehead atoms. The second kappa shape index (κ2) is 6.37. The molecule has 3 atom stereocenters. The molecule has 126 valence electrons. The molecule has 1 aliphatic carbocycles. The van der Waals surface area contributed by atoms with Crippen LogP contribution in [-0.4, -0.2) is 53.0 Å². The van der Waals surface area contributed by atoms with E-state index in [2.05, 4.69) is 5.16 Å². The third-order valence-corrected chi connectivity index (χ3v) is 4.94. The Hall–Kier alpha value is -2.18. The number of fused-ring (bicyclic) bond motifs is 1. The van der Waals surface area contributed by atoms with Crippen molar-refractivity contribution in [3.05, 3.63) is 42.1 Å². The van der Waals surface area contributed by atoms with Crippen LogP contribution in [0.1, 0.15) is 23.3 Å². The number of rotatable bonds is 3. The predicted molar refractivity (Wildman–Crippen MR) is 86.3 cm³/mol. The molecule has 0 radical (unpaired) electrons. The van der Waals surface area contributed by atoms with Crippen LogP contribution in [0.25, 0.3) is 11.3 Å². The normalized spacial score (nSPS) is 26.4. The Bertz CT molecular complexity index is 715. The van der Waals surface area contributed by atoms with Crippen LogP contribution in [0.5, 0.6) is 0 Å². The standard InChI is InChI=1S/C18H20N2O4/c21-11-12-8-15-17(9-12)23-7-6-20(15)18(22)14-10-16(24-19-14)13-4-2-1-3-5-13/h1-5,10,12,15,17,21H,6-9,11H2/t12-,15+,17+/m1/s1. The molecule has 0 spiro atoms. The molecule has 4 rings (SSSR count). The van der Waals surface area contributed by atoms with Crippen molar-refractivity contribution in [2.45, 2.75) is 25.0 Å². The summed E-state index contributed by atoms with van der Waals surface area (Å²) in [4.78, 5) is 14.7. The smallest absolute Gasteiger partial charge is 0.276 e. The number of carbonyl (C=O) groups excluding carboxylic acids is 1. The summed E-state index contributed by atoms with van der Waals surface area (Å²) < 4.78 is 11.1. The molecular weight excluding hydrogens is 308 g/mol. The van der Waals surface area contributed by atoms with Gasteiger partial charge >= 0.3 is 0 Å². The van der Waals surface area contributed by atoms with Crippen LogP contribution in [0.3, 0.4) is 0 Å². The van der Waals surface area contributed by atoms with E-state index in [1.54, 1.807) is 6.07 Å². The van der Waals surface area contributed by atoms with Gasteiger partial charge in [0.1, 0.15) is 0 Å². The lowest BCUT2D eigenvalue weighted by atomic mass is 10.1. The second-order valence-corrected chi connectivity index (χ2v) is 6.44. The third kappa shape index (κ3) is 2.72. The quantitative estimate of drug-likeness (QED) is 0.932. The van der Waals surface area contributed by atoms with Gasteiger partial charge in [0.15, 0.2) is 11.5 Å². The zero-order valence-corrected chi connectivity index (χ0v) is 13.3. The van der Waals surface area contributed by atoms with E-state index in [1.807, 2.05) is 35.2 Å². The van der Waals surface area contributed by atoms with Gasteiger partial charge in [0.05, 0.1) is 18.8 Å². The lowest BCUT2D eigenvalue weighted by Crippen LogP contribution is -2.51. The average Bonchev–Trinajstić information content (AvgIpc) is 3.28. The molecule has 2 heterocycles. The number of amides is 1. The van der Waals surface area contributed by atoms with E-state index in [0.29, 0.717) is 24.6 Å². The van der Waals surface area contributed by atoms with Crippen molar-refractivity contribution >= 4 is 5.91 Å². The van der Waals surface area contributed by atoms with Gasteiger partial charge in [-0.15, -0.1) is 0 Å². The van der Waals surface area contributed by atoms with Crippen molar-refractivity contribution in [3.8, 4) is 11.3 Å². The summed E-state index contributed by atoms with van der Waals surface area (Å²) in [5.41, 5.74) is 1.21. The number of morpholine rings is 1. The maximum absolute atomic E-state index is 12.9. The van der Waals surface area contributed by atoms with E-state index < -0.39 is 0 Å². The summed E-state index contributed by atoms with van der Waals surface area (Å²) in [5, 5.41) is 13.4. The Morgan fingerprint density at radius 3 is 2.92 bits per heavy atom. The van der Waals surface area contributed by atoms with Crippen LogP contribution < -0.4 is 0 Å². The zero-order chi connectivity index (χ0) is 16.5. The van der Waals surface area contributed by atoms with E-state index in [9.17, 15) is 9.90 Å². The molecule has 1 aromatic heterocycles. The number of hydrogen-bond acceptors (Lipinski definition) is 5. The largest absolute Gasteiger partial charge is 0.396 e. The Labute approximate surface area is 140 Å². The first-order chi connectivity index (χ1) is 11.8. The molecule has 1 saturated carbocycles. The number of carbonyl (C=O) groups is 1. The molecule has 2 aliphatic rings. The molecule has 0 unspecified atom stereocenters. The fourth-order valence-corrected chi connectivity index (χ4v) is 3.71. The number of aliphatic hydroxyl groups excluding tert-OH is 1. The van der Waals surface area contributed by atoms with Gasteiger partial charge in [0, 0.05) is 24.8 Å². The molecule has 6 heteroatoms. The van der Waals surface area contributed by atoms with Gasteiger partial charge in [-0.25, -0.2) is 0 Å². The first kappa shape index (κ1) is 15.4. The summed E-state index contributed by atoms with van der Waals surface area (Å²) in [7, 11) is 0. The highest BCUT2D eigenvalue weighted by molar-refractivity contribution is 5.93. The van der Waals surface area contributed by atoms with Crippen LogP contribution >= 0.6 is 0 Å². The van der Waals surface area contributed by atoms with Crippen molar-refractivity contribution in [2.24, 2.45) is 5.92 Å². The maximum atomic E-state index is 12.9. The molecule has 24 heavy (non-hydrogen) atoms. The highest BCUT2D eigenvalue weighted by Gasteiger charge is 2.43. The summed E-state index contributed by atoms with van der Waals surface area (Å²) in [6.45, 7) is 1.21. The highest BCUT2D eigenvalue weighted by Crippen LogP contribution is 2.34. The topological polar surface area (TPSA) is 75.8 Å². The Kier molecular flexibility index (Phi) is 4.08. The molecule has 1 aromatic carbocycles. The van der Waals surface area contributed by atoms with Gasteiger partial charge in [0.25, 0.3) is 5.91 Å². The Morgan fingerprint density at radius 1 is 1.29 bits per heavy atom. The first-order valence-corrected chi connectivity index (χ1v) is 8.32. The van der Waals surface area contributed by atoms with E-state index in [1.165, 1.54) is 0 Å². The highest BCUT2D eigenvalue weighted by atomic mass is 16.5. The SMILES string of the molecule is O=C(c1cc(-c2ccccc2)on1)N1CCO[C@H]2C[C@H](CO)C[C@@H]21. The zero-order valence-electron chi connectivity index (χ0n) is 13.3. The van der Waals surface area contributed by atoms with Crippen LogP contribution in [0, 0.1) is 5.92 Å². The molecule has 1 saturated heterocycles. The minimum atomic E-state index is -0.127. The number of ether oxygens (including phenoxy) is 1. The average molecular weight is 328 g/mol. The van der Waals surface area contributed by atoms with Gasteiger partial charge in [-0.1, -0.05) is 35.5 Å². The van der Waals surface area contributed by atoms with Crippen molar-refractivity contribution in [1.82, 2.24) is 10.1 Å². The van der Waals surface area contributed by atoms with Crippen LogP contribution in [0.4, 0.5) is 0 Å². The maximum Gasteiger partial charge on any atom is 0.276 e. The fourth-order valence-electron chi connectivity index (χ4n) is 3.71. The molecule has 1 N–H and O–H groups in total. The van der Waals surface area contributed by atoms with Crippen molar-refractivity contribution in [2.75, 3.05) is 19.8 Å². The first-order valence-electron chi connectivity index (χ1n) is 8.32. The van der Waals surface area contributed by atoms with Gasteiger partial charge in [-0.3, -0.25) is 4.79 Å². The predicted octanol–water partition coefficient (Wildman–Crippen LogP) is 1.95. The van der Waals surface area contributed by atoms with Crippen molar-refractivity contribution in [1.29, 1.82) is 0 Å². The monoisotopic (exact) mass is 328 g/mol. The van der Waals surface area contributed by atoms with Crippen LogP contribution in [0.2, 0.25) is 0 Å². The van der Waals surface area contributed by atoms with Crippen molar-refractivity contribution in [3.63, 3.8) is 0 Å². The molecule has 1 aliphatic heterocycles.